The second-order valence-electron chi connectivity index (χ2n) is 7.14. The van der Waals surface area contributed by atoms with E-state index in [1.54, 1.807) is 6.20 Å². The first-order valence-corrected chi connectivity index (χ1v) is 8.94. The number of hydrogen-bond acceptors (Lipinski definition) is 4. The lowest BCUT2D eigenvalue weighted by molar-refractivity contribution is -0.128. The first-order valence-electron chi connectivity index (χ1n) is 8.94. The molecule has 1 aromatic carbocycles. The summed E-state index contributed by atoms with van der Waals surface area (Å²) in [5.41, 5.74) is 0.589. The zero-order valence-corrected chi connectivity index (χ0v) is 15.5. The minimum atomic E-state index is -0.313. The van der Waals surface area contributed by atoms with Gasteiger partial charge in [0.2, 0.25) is 5.91 Å². The number of rotatable bonds is 9. The average molecular weight is 343 g/mol. The topological polar surface area (TPSA) is 63.2 Å². The predicted octanol–water partition coefficient (Wildman–Crippen LogP) is 3.15. The highest BCUT2D eigenvalue weighted by Gasteiger charge is 2.19. The van der Waals surface area contributed by atoms with E-state index in [0.29, 0.717) is 6.61 Å². The Bertz CT molecular complexity index is 675. The fraction of sp³-hybridized carbons (Fsp3) is 0.500. The zero-order valence-electron chi connectivity index (χ0n) is 15.5. The fourth-order valence-corrected chi connectivity index (χ4v) is 2.39. The van der Waals surface area contributed by atoms with Gasteiger partial charge in [-0.2, -0.15) is 0 Å². The van der Waals surface area contributed by atoms with Crippen LogP contribution in [-0.4, -0.2) is 37.1 Å². The lowest BCUT2D eigenvalue weighted by Gasteiger charge is -2.17. The van der Waals surface area contributed by atoms with E-state index >= 15 is 0 Å². The third kappa shape index (κ3) is 6.35. The van der Waals surface area contributed by atoms with Crippen LogP contribution in [-0.2, 0) is 4.79 Å². The summed E-state index contributed by atoms with van der Waals surface area (Å²) in [5.74, 6) is 0.933. The SMILES string of the molecule is CC(C)(C)C(=O)NCCCCNCCOc1cccc2cccnc12. The molecule has 0 saturated carbocycles. The van der Waals surface area contributed by atoms with Crippen molar-refractivity contribution in [1.82, 2.24) is 15.6 Å². The zero-order chi connectivity index (χ0) is 18.1. The molecule has 2 aromatic rings. The Labute approximate surface area is 150 Å². The molecule has 1 aromatic heterocycles. The number of nitrogens with one attached hydrogen (secondary N) is 2. The molecule has 0 saturated heterocycles. The van der Waals surface area contributed by atoms with Gasteiger partial charge in [-0.25, -0.2) is 0 Å². The van der Waals surface area contributed by atoms with Gasteiger partial charge in [0, 0.05) is 30.1 Å². The number of amides is 1. The van der Waals surface area contributed by atoms with E-state index in [2.05, 4.69) is 15.6 Å². The third-order valence-corrected chi connectivity index (χ3v) is 3.88. The molecule has 0 spiro atoms. The molecule has 2 rings (SSSR count). The number of ether oxygens (including phenoxy) is 1. The summed E-state index contributed by atoms with van der Waals surface area (Å²) in [6, 6.07) is 9.93. The molecule has 5 nitrogen and oxygen atoms in total. The van der Waals surface area contributed by atoms with E-state index in [9.17, 15) is 4.79 Å². The minimum Gasteiger partial charge on any atom is -0.490 e. The van der Waals surface area contributed by atoms with Gasteiger partial charge in [-0.1, -0.05) is 39.0 Å². The Kier molecular flexibility index (Phi) is 7.19. The second kappa shape index (κ2) is 9.37. The van der Waals surface area contributed by atoms with Crippen molar-refractivity contribution in [3.63, 3.8) is 0 Å². The van der Waals surface area contributed by atoms with E-state index in [4.69, 9.17) is 4.74 Å². The van der Waals surface area contributed by atoms with Crippen molar-refractivity contribution in [2.45, 2.75) is 33.6 Å². The molecule has 0 aliphatic rings. The number of aromatic nitrogens is 1. The van der Waals surface area contributed by atoms with Crippen molar-refractivity contribution in [2.24, 2.45) is 5.41 Å². The summed E-state index contributed by atoms with van der Waals surface area (Å²) < 4.78 is 5.83. The maximum atomic E-state index is 11.7. The standard InChI is InChI=1S/C20H29N3O2/c1-20(2,3)19(24)23-12-5-4-11-21-14-15-25-17-10-6-8-16-9-7-13-22-18(16)17/h6-10,13,21H,4-5,11-12,14-15H2,1-3H3,(H,23,24). The molecule has 136 valence electrons. The number of nitrogens with zero attached hydrogens (tertiary/aromatic N) is 1. The summed E-state index contributed by atoms with van der Waals surface area (Å²) in [6.45, 7) is 8.83. The second-order valence-corrected chi connectivity index (χ2v) is 7.14. The Morgan fingerprint density at radius 1 is 1.08 bits per heavy atom. The number of fused-ring (bicyclic) bond motifs is 1. The van der Waals surface area contributed by atoms with Crippen LogP contribution in [0.3, 0.4) is 0 Å². The Morgan fingerprint density at radius 3 is 2.64 bits per heavy atom. The number of carbonyl (C=O) groups excluding carboxylic acids is 1. The summed E-state index contributed by atoms with van der Waals surface area (Å²) in [7, 11) is 0. The van der Waals surface area contributed by atoms with Crippen molar-refractivity contribution in [2.75, 3.05) is 26.2 Å². The van der Waals surface area contributed by atoms with Crippen molar-refractivity contribution in [3.05, 3.63) is 36.5 Å². The normalized spacial score (nSPS) is 11.5. The van der Waals surface area contributed by atoms with Crippen LogP contribution in [0.5, 0.6) is 5.75 Å². The molecule has 25 heavy (non-hydrogen) atoms. The van der Waals surface area contributed by atoms with Crippen LogP contribution in [0.1, 0.15) is 33.6 Å². The maximum absolute atomic E-state index is 11.7. The fourth-order valence-electron chi connectivity index (χ4n) is 2.39. The Morgan fingerprint density at radius 2 is 1.84 bits per heavy atom. The van der Waals surface area contributed by atoms with Crippen LogP contribution in [0.15, 0.2) is 36.5 Å². The van der Waals surface area contributed by atoms with E-state index < -0.39 is 0 Å². The number of benzene rings is 1. The molecule has 0 fully saturated rings. The number of pyridine rings is 1. The van der Waals surface area contributed by atoms with Gasteiger partial charge in [-0.3, -0.25) is 9.78 Å². The molecule has 1 amide bonds. The minimum absolute atomic E-state index is 0.109. The highest BCUT2D eigenvalue weighted by molar-refractivity contribution is 5.84. The number of hydrogen-bond donors (Lipinski definition) is 2. The summed E-state index contributed by atoms with van der Waals surface area (Å²) in [5, 5.41) is 7.42. The van der Waals surface area contributed by atoms with Crippen LogP contribution in [0, 0.1) is 5.41 Å². The molecule has 0 atom stereocenters. The summed E-state index contributed by atoms with van der Waals surface area (Å²) >= 11 is 0. The maximum Gasteiger partial charge on any atom is 0.225 e. The van der Waals surface area contributed by atoms with Gasteiger partial charge < -0.3 is 15.4 Å². The highest BCUT2D eigenvalue weighted by Crippen LogP contribution is 2.22. The van der Waals surface area contributed by atoms with Crippen molar-refractivity contribution >= 4 is 16.8 Å². The van der Waals surface area contributed by atoms with E-state index in [1.165, 1.54) is 0 Å². The predicted molar refractivity (Wildman–Crippen MR) is 102 cm³/mol. The number of carbonyl (C=O) groups is 1. The van der Waals surface area contributed by atoms with Gasteiger partial charge >= 0.3 is 0 Å². The van der Waals surface area contributed by atoms with E-state index in [-0.39, 0.29) is 11.3 Å². The lowest BCUT2D eigenvalue weighted by atomic mass is 9.96. The van der Waals surface area contributed by atoms with E-state index in [1.807, 2.05) is 51.1 Å². The smallest absolute Gasteiger partial charge is 0.225 e. The number of unbranched alkanes of at least 4 members (excludes halogenated alkanes) is 1. The van der Waals surface area contributed by atoms with Gasteiger partial charge in [0.25, 0.3) is 0 Å². The van der Waals surface area contributed by atoms with Gasteiger partial charge in [-0.05, 0) is 31.5 Å². The van der Waals surface area contributed by atoms with Crippen molar-refractivity contribution < 1.29 is 9.53 Å². The molecule has 2 N–H and O–H groups in total. The quantitative estimate of drug-likeness (QED) is 0.687. The average Bonchev–Trinajstić information content (AvgIpc) is 2.59. The van der Waals surface area contributed by atoms with Crippen LogP contribution >= 0.6 is 0 Å². The molecule has 0 radical (unpaired) electrons. The van der Waals surface area contributed by atoms with Crippen molar-refractivity contribution in [3.8, 4) is 5.75 Å². The molecule has 0 aliphatic carbocycles. The third-order valence-electron chi connectivity index (χ3n) is 3.88. The summed E-state index contributed by atoms with van der Waals surface area (Å²) in [4.78, 5) is 16.1. The van der Waals surface area contributed by atoms with Gasteiger partial charge in [0.1, 0.15) is 17.9 Å². The van der Waals surface area contributed by atoms with Gasteiger partial charge in [0.05, 0.1) is 0 Å². The highest BCUT2D eigenvalue weighted by atomic mass is 16.5. The first kappa shape index (κ1) is 19.2. The van der Waals surface area contributed by atoms with Crippen molar-refractivity contribution in [1.29, 1.82) is 0 Å². The van der Waals surface area contributed by atoms with Crippen LogP contribution in [0.25, 0.3) is 10.9 Å². The number of para-hydroxylation sites is 1. The van der Waals surface area contributed by atoms with Crippen LogP contribution < -0.4 is 15.4 Å². The lowest BCUT2D eigenvalue weighted by Crippen LogP contribution is -2.35. The van der Waals surface area contributed by atoms with E-state index in [0.717, 1.165) is 49.1 Å². The molecular formula is C20H29N3O2. The molecule has 1 heterocycles. The molecular weight excluding hydrogens is 314 g/mol. The molecule has 5 heteroatoms. The van der Waals surface area contributed by atoms with Gasteiger partial charge in [-0.15, -0.1) is 0 Å². The molecule has 0 bridgehead atoms. The Balaban J connectivity index is 1.56. The van der Waals surface area contributed by atoms with Crippen LogP contribution in [0.2, 0.25) is 0 Å². The first-order chi connectivity index (χ1) is 12.0. The summed E-state index contributed by atoms with van der Waals surface area (Å²) in [6.07, 6.45) is 3.79. The Hall–Kier alpha value is -2.14. The van der Waals surface area contributed by atoms with Gasteiger partial charge in [0.15, 0.2) is 0 Å². The molecule has 0 unspecified atom stereocenters. The largest absolute Gasteiger partial charge is 0.490 e. The monoisotopic (exact) mass is 343 g/mol. The molecule has 0 aliphatic heterocycles. The van der Waals surface area contributed by atoms with Crippen LogP contribution in [0.4, 0.5) is 0 Å².